The van der Waals surface area contributed by atoms with E-state index in [1.807, 2.05) is 35.8 Å². The molecule has 158 valence electrons. The zero-order chi connectivity index (χ0) is 21.7. The number of halogens is 2. The summed E-state index contributed by atoms with van der Waals surface area (Å²) in [4.78, 5) is 12.7. The number of thioether (sulfide) groups is 1. The molecular weight excluding hydrogens is 412 g/mol. The summed E-state index contributed by atoms with van der Waals surface area (Å²) in [5, 5.41) is 9.03. The third-order valence-electron chi connectivity index (χ3n) is 4.36. The molecule has 0 spiro atoms. The number of ether oxygens (including phenoxy) is 2. The molecular formula is C21H21F2N3O3S. The van der Waals surface area contributed by atoms with Crippen LogP contribution in [-0.2, 0) is 6.54 Å². The summed E-state index contributed by atoms with van der Waals surface area (Å²) in [6.07, 6.45) is 0. The Balaban J connectivity index is 1.83. The second-order valence-electron chi connectivity index (χ2n) is 6.34. The number of nitrogens with zero attached hydrogens (tertiary/aromatic N) is 3. The van der Waals surface area contributed by atoms with Gasteiger partial charge in [0, 0.05) is 6.54 Å². The van der Waals surface area contributed by atoms with E-state index < -0.39 is 6.61 Å². The van der Waals surface area contributed by atoms with Crippen LogP contribution in [0.3, 0.4) is 0 Å². The van der Waals surface area contributed by atoms with Crippen LogP contribution in [0.15, 0.2) is 47.6 Å². The number of carbonyl (C=O) groups excluding carboxylic acids is 1. The van der Waals surface area contributed by atoms with Gasteiger partial charge in [0.05, 0.1) is 24.0 Å². The van der Waals surface area contributed by atoms with Gasteiger partial charge in [0.15, 0.2) is 16.8 Å². The number of hydrogen-bond donors (Lipinski definition) is 0. The Labute approximate surface area is 177 Å². The second kappa shape index (κ2) is 9.71. The number of methoxy groups -OCH3 is 1. The SMILES string of the molecule is CCn1c(SCC(=O)c2cc(C)ccc2OC(F)F)nnc1-c1ccccc1OC. The number of ketones is 1. The molecule has 3 rings (SSSR count). The highest BCUT2D eigenvalue weighted by Gasteiger charge is 2.20. The lowest BCUT2D eigenvalue weighted by atomic mass is 10.1. The first-order valence-corrected chi connectivity index (χ1v) is 10.2. The van der Waals surface area contributed by atoms with Gasteiger partial charge in [-0.25, -0.2) is 0 Å². The van der Waals surface area contributed by atoms with Crippen LogP contribution in [0.5, 0.6) is 11.5 Å². The molecule has 30 heavy (non-hydrogen) atoms. The first-order valence-electron chi connectivity index (χ1n) is 9.22. The highest BCUT2D eigenvalue weighted by molar-refractivity contribution is 7.99. The predicted octanol–water partition coefficient (Wildman–Crippen LogP) is 4.86. The molecule has 0 radical (unpaired) electrons. The number of rotatable bonds is 9. The summed E-state index contributed by atoms with van der Waals surface area (Å²) in [7, 11) is 1.58. The van der Waals surface area contributed by atoms with Crippen LogP contribution in [-0.4, -0.2) is 40.0 Å². The number of carbonyl (C=O) groups is 1. The average molecular weight is 433 g/mol. The fourth-order valence-electron chi connectivity index (χ4n) is 2.98. The molecule has 3 aromatic rings. The zero-order valence-electron chi connectivity index (χ0n) is 16.8. The fraction of sp³-hybridized carbons (Fsp3) is 0.286. The molecule has 0 N–H and O–H groups in total. The van der Waals surface area contributed by atoms with Gasteiger partial charge in [0.2, 0.25) is 0 Å². The molecule has 0 fully saturated rings. The number of alkyl halides is 2. The van der Waals surface area contributed by atoms with Crippen LogP contribution in [0.25, 0.3) is 11.4 Å². The van der Waals surface area contributed by atoms with Gasteiger partial charge in [-0.2, -0.15) is 8.78 Å². The van der Waals surface area contributed by atoms with Gasteiger partial charge >= 0.3 is 6.61 Å². The summed E-state index contributed by atoms with van der Waals surface area (Å²) < 4.78 is 37.1. The molecule has 0 amide bonds. The molecule has 9 heteroatoms. The Morgan fingerprint density at radius 2 is 1.93 bits per heavy atom. The van der Waals surface area contributed by atoms with Crippen molar-refractivity contribution in [2.75, 3.05) is 12.9 Å². The van der Waals surface area contributed by atoms with Crippen molar-refractivity contribution in [2.45, 2.75) is 32.2 Å². The van der Waals surface area contributed by atoms with Crippen molar-refractivity contribution >= 4 is 17.5 Å². The zero-order valence-corrected chi connectivity index (χ0v) is 17.6. The van der Waals surface area contributed by atoms with E-state index in [9.17, 15) is 13.6 Å². The Kier molecular flexibility index (Phi) is 7.04. The average Bonchev–Trinajstić information content (AvgIpc) is 3.15. The first-order chi connectivity index (χ1) is 14.4. The van der Waals surface area contributed by atoms with E-state index >= 15 is 0 Å². The molecule has 0 atom stereocenters. The summed E-state index contributed by atoms with van der Waals surface area (Å²) in [5.41, 5.74) is 1.69. The molecule has 1 heterocycles. The Morgan fingerprint density at radius 1 is 1.17 bits per heavy atom. The summed E-state index contributed by atoms with van der Waals surface area (Å²) in [5.74, 6) is 0.840. The molecule has 0 saturated heterocycles. The first kappa shape index (κ1) is 21.8. The standard InChI is InChI=1S/C21H21F2N3O3S/c1-4-26-19(14-7-5-6-8-17(14)28-3)24-25-21(26)30-12-16(27)15-11-13(2)9-10-18(15)29-20(22)23/h5-11,20H,4,12H2,1-3H3. The molecule has 0 aliphatic heterocycles. The molecule has 0 aliphatic carbocycles. The molecule has 1 aromatic heterocycles. The third kappa shape index (κ3) is 4.79. The van der Waals surface area contributed by atoms with Gasteiger partial charge < -0.3 is 14.0 Å². The maximum absolute atomic E-state index is 12.7. The summed E-state index contributed by atoms with van der Waals surface area (Å²) >= 11 is 1.19. The van der Waals surface area contributed by atoms with Gasteiger partial charge in [0.1, 0.15) is 11.5 Å². The number of para-hydroxylation sites is 1. The van der Waals surface area contributed by atoms with Crippen LogP contribution in [0.4, 0.5) is 8.78 Å². The number of Topliss-reactive ketones (excluding diaryl/α,β-unsaturated/α-hetero) is 1. The van der Waals surface area contributed by atoms with E-state index in [4.69, 9.17) is 4.74 Å². The molecule has 0 unspecified atom stereocenters. The lowest BCUT2D eigenvalue weighted by Gasteiger charge is -2.12. The molecule has 0 aliphatic rings. The van der Waals surface area contributed by atoms with Gasteiger partial charge in [-0.05, 0) is 38.1 Å². The molecule has 0 saturated carbocycles. The van der Waals surface area contributed by atoms with Gasteiger partial charge in [-0.1, -0.05) is 35.5 Å². The van der Waals surface area contributed by atoms with Crippen molar-refractivity contribution in [3.8, 4) is 22.9 Å². The van der Waals surface area contributed by atoms with E-state index in [2.05, 4.69) is 14.9 Å². The normalized spacial score (nSPS) is 11.0. The van der Waals surface area contributed by atoms with Crippen LogP contribution < -0.4 is 9.47 Å². The quantitative estimate of drug-likeness (QED) is 0.355. The van der Waals surface area contributed by atoms with Crippen molar-refractivity contribution in [3.63, 3.8) is 0 Å². The Morgan fingerprint density at radius 3 is 2.63 bits per heavy atom. The highest BCUT2D eigenvalue weighted by Crippen LogP contribution is 2.31. The van der Waals surface area contributed by atoms with Crippen LogP contribution >= 0.6 is 11.8 Å². The molecule has 0 bridgehead atoms. The number of aromatic nitrogens is 3. The maximum Gasteiger partial charge on any atom is 0.387 e. The Hall–Kier alpha value is -2.94. The molecule has 6 nitrogen and oxygen atoms in total. The molecule has 2 aromatic carbocycles. The van der Waals surface area contributed by atoms with E-state index in [0.29, 0.717) is 23.3 Å². The predicted molar refractivity (Wildman–Crippen MR) is 111 cm³/mol. The van der Waals surface area contributed by atoms with Gasteiger partial charge in [-0.15, -0.1) is 10.2 Å². The maximum atomic E-state index is 12.7. The highest BCUT2D eigenvalue weighted by atomic mass is 32.2. The summed E-state index contributed by atoms with van der Waals surface area (Å²) in [6.45, 7) is 1.31. The van der Waals surface area contributed by atoms with Gasteiger partial charge in [-0.3, -0.25) is 4.79 Å². The van der Waals surface area contributed by atoms with E-state index in [1.165, 1.54) is 17.8 Å². The van der Waals surface area contributed by atoms with Crippen LogP contribution in [0.1, 0.15) is 22.8 Å². The number of benzene rings is 2. The summed E-state index contributed by atoms with van der Waals surface area (Å²) in [6, 6.07) is 12.0. The number of hydrogen-bond acceptors (Lipinski definition) is 6. The monoisotopic (exact) mass is 433 g/mol. The lowest BCUT2D eigenvalue weighted by molar-refractivity contribution is -0.0501. The van der Waals surface area contributed by atoms with Gasteiger partial charge in [0.25, 0.3) is 0 Å². The smallest absolute Gasteiger partial charge is 0.387 e. The largest absolute Gasteiger partial charge is 0.496 e. The van der Waals surface area contributed by atoms with Crippen molar-refractivity contribution in [1.82, 2.24) is 14.8 Å². The van der Waals surface area contributed by atoms with Crippen molar-refractivity contribution in [3.05, 3.63) is 53.6 Å². The van der Waals surface area contributed by atoms with Crippen molar-refractivity contribution in [1.29, 1.82) is 0 Å². The van der Waals surface area contributed by atoms with E-state index in [0.717, 1.165) is 11.1 Å². The topological polar surface area (TPSA) is 66.2 Å². The minimum atomic E-state index is -3.00. The minimum absolute atomic E-state index is 0.00705. The van der Waals surface area contributed by atoms with Crippen LogP contribution in [0, 0.1) is 6.92 Å². The third-order valence-corrected chi connectivity index (χ3v) is 5.33. The number of aryl methyl sites for hydroxylation is 1. The fourth-order valence-corrected chi connectivity index (χ4v) is 3.86. The lowest BCUT2D eigenvalue weighted by Crippen LogP contribution is -2.10. The Bertz CT molecular complexity index is 1040. The van der Waals surface area contributed by atoms with E-state index in [1.54, 1.807) is 26.2 Å². The second-order valence-corrected chi connectivity index (χ2v) is 7.28. The van der Waals surface area contributed by atoms with Crippen molar-refractivity contribution < 1.29 is 23.0 Å². The minimum Gasteiger partial charge on any atom is -0.496 e. The van der Waals surface area contributed by atoms with E-state index in [-0.39, 0.29) is 22.8 Å². The van der Waals surface area contributed by atoms with Crippen molar-refractivity contribution in [2.24, 2.45) is 0 Å². The van der Waals surface area contributed by atoms with Crippen LogP contribution in [0.2, 0.25) is 0 Å².